The number of carbonyl (C=O) groups is 1. The molecule has 1 atom stereocenters. The monoisotopic (exact) mass is 423 g/mol. The molecule has 3 aromatic rings. The molecule has 3 rings (SSSR count). The summed E-state index contributed by atoms with van der Waals surface area (Å²) < 4.78 is 22.2. The minimum absolute atomic E-state index is 0.117. The van der Waals surface area contributed by atoms with Gasteiger partial charge < -0.3 is 23.9 Å². The van der Waals surface area contributed by atoms with Gasteiger partial charge in [0, 0.05) is 34.7 Å². The van der Waals surface area contributed by atoms with Crippen LogP contribution in [0.5, 0.6) is 17.2 Å². The summed E-state index contributed by atoms with van der Waals surface area (Å²) in [7, 11) is 4.82. The Kier molecular flexibility index (Phi) is 6.90. The summed E-state index contributed by atoms with van der Waals surface area (Å²) >= 11 is 0. The molecule has 31 heavy (non-hydrogen) atoms. The standard InChI is InChI=1S/C25H29NO5/c1-7-16(3)26-25(27)10-15(2)18-12-19-20(14-31-23(19)13-22(18)29-5)17-8-9-21(28-4)24(11-17)30-6/h8-14,16H,7H2,1-6H3,(H,26,27)/b15-10+. The van der Waals surface area contributed by atoms with Crippen LogP contribution in [0.3, 0.4) is 0 Å². The summed E-state index contributed by atoms with van der Waals surface area (Å²) in [6, 6.07) is 9.69. The van der Waals surface area contributed by atoms with Crippen LogP contribution in [0.1, 0.15) is 32.8 Å². The lowest BCUT2D eigenvalue weighted by Gasteiger charge is -2.12. The molecule has 1 heterocycles. The van der Waals surface area contributed by atoms with Crippen LogP contribution in [0, 0.1) is 0 Å². The molecule has 1 aromatic heterocycles. The third kappa shape index (κ3) is 4.68. The third-order valence-electron chi connectivity index (χ3n) is 5.36. The van der Waals surface area contributed by atoms with Crippen molar-refractivity contribution >= 4 is 22.4 Å². The van der Waals surface area contributed by atoms with Gasteiger partial charge >= 0.3 is 0 Å². The number of rotatable bonds is 8. The second-order valence-electron chi connectivity index (χ2n) is 7.41. The zero-order chi connectivity index (χ0) is 22.5. The van der Waals surface area contributed by atoms with Crippen molar-refractivity contribution in [1.29, 1.82) is 0 Å². The zero-order valence-corrected chi connectivity index (χ0v) is 18.9. The largest absolute Gasteiger partial charge is 0.496 e. The van der Waals surface area contributed by atoms with E-state index in [1.54, 1.807) is 33.7 Å². The smallest absolute Gasteiger partial charge is 0.244 e. The number of benzene rings is 2. The number of furan rings is 1. The molecule has 0 saturated heterocycles. The highest BCUT2D eigenvalue weighted by atomic mass is 16.5. The molecule has 6 heteroatoms. The number of ether oxygens (including phenoxy) is 3. The van der Waals surface area contributed by atoms with Gasteiger partial charge in [-0.1, -0.05) is 13.0 Å². The van der Waals surface area contributed by atoms with Crippen LogP contribution < -0.4 is 19.5 Å². The fraction of sp³-hybridized carbons (Fsp3) is 0.320. The molecule has 1 amide bonds. The number of fused-ring (bicyclic) bond motifs is 1. The Morgan fingerprint density at radius 2 is 1.77 bits per heavy atom. The molecule has 0 saturated carbocycles. The van der Waals surface area contributed by atoms with Gasteiger partial charge in [-0.25, -0.2) is 0 Å². The molecule has 1 N–H and O–H groups in total. The predicted molar refractivity (Wildman–Crippen MR) is 123 cm³/mol. The Hall–Kier alpha value is -3.41. The number of hydrogen-bond acceptors (Lipinski definition) is 5. The summed E-state index contributed by atoms with van der Waals surface area (Å²) in [4.78, 5) is 12.4. The molecule has 0 fully saturated rings. The molecule has 0 aliphatic carbocycles. The van der Waals surface area contributed by atoms with Crippen LogP contribution in [-0.4, -0.2) is 33.3 Å². The van der Waals surface area contributed by atoms with Crippen LogP contribution in [0.25, 0.3) is 27.7 Å². The quantitative estimate of drug-likeness (QED) is 0.488. The Bertz CT molecular complexity index is 1110. The summed E-state index contributed by atoms with van der Waals surface area (Å²) in [6.07, 6.45) is 4.19. The van der Waals surface area contributed by atoms with Crippen LogP contribution in [-0.2, 0) is 4.79 Å². The van der Waals surface area contributed by atoms with Gasteiger partial charge in [-0.15, -0.1) is 0 Å². The van der Waals surface area contributed by atoms with Crippen molar-refractivity contribution in [2.24, 2.45) is 0 Å². The maximum Gasteiger partial charge on any atom is 0.244 e. The Balaban J connectivity index is 2.08. The van der Waals surface area contributed by atoms with Gasteiger partial charge in [0.25, 0.3) is 0 Å². The molecule has 1 unspecified atom stereocenters. The molecule has 0 spiro atoms. The van der Waals surface area contributed by atoms with Crippen LogP contribution in [0.15, 0.2) is 47.1 Å². The van der Waals surface area contributed by atoms with Crippen LogP contribution in [0.4, 0.5) is 0 Å². The van der Waals surface area contributed by atoms with Gasteiger partial charge in [-0.3, -0.25) is 4.79 Å². The second-order valence-corrected chi connectivity index (χ2v) is 7.41. The van der Waals surface area contributed by atoms with Gasteiger partial charge in [-0.05, 0) is 49.6 Å². The fourth-order valence-corrected chi connectivity index (χ4v) is 3.42. The number of allylic oxidation sites excluding steroid dienone is 1. The van der Waals surface area contributed by atoms with E-state index in [4.69, 9.17) is 18.6 Å². The lowest BCUT2D eigenvalue weighted by molar-refractivity contribution is -0.117. The topological polar surface area (TPSA) is 69.9 Å². The Labute approximate surface area is 182 Å². The van der Waals surface area contributed by atoms with E-state index in [0.717, 1.165) is 34.1 Å². The number of methoxy groups -OCH3 is 3. The van der Waals surface area contributed by atoms with Crippen molar-refractivity contribution in [2.75, 3.05) is 21.3 Å². The molecule has 0 bridgehead atoms. The van der Waals surface area contributed by atoms with Gasteiger partial charge in [0.2, 0.25) is 5.91 Å². The summed E-state index contributed by atoms with van der Waals surface area (Å²) in [5.41, 5.74) is 4.18. The van der Waals surface area contributed by atoms with Crippen molar-refractivity contribution in [1.82, 2.24) is 5.32 Å². The molecule has 0 radical (unpaired) electrons. The van der Waals surface area contributed by atoms with Crippen LogP contribution in [0.2, 0.25) is 0 Å². The normalized spacial score (nSPS) is 12.5. The van der Waals surface area contributed by atoms with Gasteiger partial charge in [0.15, 0.2) is 11.5 Å². The number of hydrogen-bond donors (Lipinski definition) is 1. The molecule has 164 valence electrons. The zero-order valence-electron chi connectivity index (χ0n) is 18.9. The van der Waals surface area contributed by atoms with E-state index in [1.165, 1.54) is 0 Å². The van der Waals surface area contributed by atoms with E-state index in [0.29, 0.717) is 22.8 Å². The SMILES string of the molecule is CCC(C)NC(=O)/C=C(\C)c1cc2c(-c3ccc(OC)c(OC)c3)coc2cc1OC. The summed E-state index contributed by atoms with van der Waals surface area (Å²) in [6.45, 7) is 5.91. The molecular formula is C25H29NO5. The molecule has 6 nitrogen and oxygen atoms in total. The van der Waals surface area contributed by atoms with Gasteiger partial charge in [0.05, 0.1) is 27.6 Å². The summed E-state index contributed by atoms with van der Waals surface area (Å²) in [5, 5.41) is 3.88. The first-order valence-electron chi connectivity index (χ1n) is 10.2. The molecule has 2 aromatic carbocycles. The number of amides is 1. The van der Waals surface area contributed by atoms with Gasteiger partial charge in [-0.2, -0.15) is 0 Å². The van der Waals surface area contributed by atoms with Crippen molar-refractivity contribution in [3.63, 3.8) is 0 Å². The first-order valence-corrected chi connectivity index (χ1v) is 10.2. The third-order valence-corrected chi connectivity index (χ3v) is 5.36. The maximum absolute atomic E-state index is 12.4. The molecule has 0 aliphatic rings. The number of carbonyl (C=O) groups excluding carboxylic acids is 1. The van der Waals surface area contributed by atoms with Crippen molar-refractivity contribution in [3.05, 3.63) is 48.2 Å². The molecule has 0 aliphatic heterocycles. The van der Waals surface area contributed by atoms with E-state index >= 15 is 0 Å². The first-order chi connectivity index (χ1) is 14.9. The highest BCUT2D eigenvalue weighted by Crippen LogP contribution is 2.39. The van der Waals surface area contributed by atoms with E-state index in [1.807, 2.05) is 51.1 Å². The summed E-state index contributed by atoms with van der Waals surface area (Å²) in [5.74, 6) is 1.82. The minimum Gasteiger partial charge on any atom is -0.496 e. The predicted octanol–water partition coefficient (Wildman–Crippen LogP) is 5.44. The van der Waals surface area contributed by atoms with E-state index in [-0.39, 0.29) is 11.9 Å². The van der Waals surface area contributed by atoms with Crippen molar-refractivity contribution in [2.45, 2.75) is 33.2 Å². The average Bonchev–Trinajstić information content (AvgIpc) is 3.20. The van der Waals surface area contributed by atoms with E-state index in [9.17, 15) is 4.79 Å². The van der Waals surface area contributed by atoms with Gasteiger partial charge in [0.1, 0.15) is 11.3 Å². The maximum atomic E-state index is 12.4. The molecular weight excluding hydrogens is 394 g/mol. The van der Waals surface area contributed by atoms with Crippen LogP contribution >= 0.6 is 0 Å². The fourth-order valence-electron chi connectivity index (χ4n) is 3.42. The lowest BCUT2D eigenvalue weighted by atomic mass is 9.99. The first kappa shape index (κ1) is 22.3. The average molecular weight is 424 g/mol. The number of nitrogens with one attached hydrogen (secondary N) is 1. The Morgan fingerprint density at radius 1 is 1.06 bits per heavy atom. The van der Waals surface area contributed by atoms with E-state index in [2.05, 4.69) is 5.32 Å². The highest BCUT2D eigenvalue weighted by molar-refractivity contribution is 6.00. The lowest BCUT2D eigenvalue weighted by Crippen LogP contribution is -2.30. The highest BCUT2D eigenvalue weighted by Gasteiger charge is 2.16. The minimum atomic E-state index is -0.124. The second kappa shape index (κ2) is 9.60. The van der Waals surface area contributed by atoms with Crippen molar-refractivity contribution in [3.8, 4) is 28.4 Å². The Morgan fingerprint density at radius 3 is 2.42 bits per heavy atom. The van der Waals surface area contributed by atoms with Crippen molar-refractivity contribution < 1.29 is 23.4 Å². The van der Waals surface area contributed by atoms with E-state index < -0.39 is 0 Å².